The molecule has 1 aliphatic heterocycles. The van der Waals surface area contributed by atoms with E-state index in [1.807, 2.05) is 0 Å². The van der Waals surface area contributed by atoms with E-state index in [0.29, 0.717) is 11.4 Å². The Bertz CT molecular complexity index is 390. The van der Waals surface area contributed by atoms with Crippen molar-refractivity contribution in [3.8, 4) is 5.88 Å². The highest BCUT2D eigenvalue weighted by atomic mass is 16.6. The Morgan fingerprint density at radius 3 is 2.93 bits per heavy atom. The van der Waals surface area contributed by atoms with E-state index in [2.05, 4.69) is 10.3 Å². The van der Waals surface area contributed by atoms with E-state index < -0.39 is 4.92 Å². The van der Waals surface area contributed by atoms with E-state index in [4.69, 9.17) is 4.74 Å². The van der Waals surface area contributed by atoms with E-state index in [-0.39, 0.29) is 11.8 Å². The van der Waals surface area contributed by atoms with Crippen LogP contribution in [-0.4, -0.2) is 29.1 Å². The normalized spacial score (nSPS) is 15.8. The summed E-state index contributed by atoms with van der Waals surface area (Å²) < 4.78 is 5.42. The first kappa shape index (κ1) is 9.85. The zero-order chi connectivity index (χ0) is 10.8. The summed E-state index contributed by atoms with van der Waals surface area (Å²) >= 11 is 0. The SMILES string of the molecule is Cc1cnc(OC2CNC2)cc1[N+](=O)[O-]. The third-order valence-corrected chi connectivity index (χ3v) is 2.28. The number of aromatic nitrogens is 1. The number of aryl methyl sites for hydroxylation is 1. The van der Waals surface area contributed by atoms with Crippen LogP contribution in [0.25, 0.3) is 0 Å². The number of nitrogens with one attached hydrogen (secondary N) is 1. The molecule has 1 aromatic rings. The molecule has 1 saturated heterocycles. The van der Waals surface area contributed by atoms with Gasteiger partial charge in [-0.25, -0.2) is 4.98 Å². The second-order valence-electron chi connectivity index (χ2n) is 3.46. The maximum atomic E-state index is 10.7. The molecule has 2 heterocycles. The summed E-state index contributed by atoms with van der Waals surface area (Å²) in [6.07, 6.45) is 1.54. The average Bonchev–Trinajstić information content (AvgIpc) is 2.13. The van der Waals surface area contributed by atoms with Gasteiger partial charge in [-0.15, -0.1) is 0 Å². The van der Waals surface area contributed by atoms with E-state index in [1.54, 1.807) is 6.92 Å². The molecule has 2 rings (SSSR count). The van der Waals surface area contributed by atoms with Crippen LogP contribution < -0.4 is 10.1 Å². The number of ether oxygens (including phenoxy) is 1. The number of nitro groups is 1. The topological polar surface area (TPSA) is 77.3 Å². The molecule has 0 aliphatic carbocycles. The molecule has 1 fully saturated rings. The van der Waals surface area contributed by atoms with Gasteiger partial charge in [-0.05, 0) is 6.92 Å². The summed E-state index contributed by atoms with van der Waals surface area (Å²) in [7, 11) is 0. The first-order valence-corrected chi connectivity index (χ1v) is 4.65. The monoisotopic (exact) mass is 209 g/mol. The van der Waals surface area contributed by atoms with Gasteiger partial charge in [-0.3, -0.25) is 10.1 Å². The fourth-order valence-corrected chi connectivity index (χ4v) is 1.27. The predicted molar refractivity (Wildman–Crippen MR) is 52.9 cm³/mol. The molecule has 0 radical (unpaired) electrons. The minimum absolute atomic E-state index is 0.0484. The van der Waals surface area contributed by atoms with Gasteiger partial charge in [-0.1, -0.05) is 0 Å². The standard InChI is InChI=1S/C9H11N3O3/c1-6-3-11-9(2-8(6)12(13)14)15-7-4-10-5-7/h2-3,7,10H,4-5H2,1H3. The molecule has 0 unspecified atom stereocenters. The maximum Gasteiger partial charge on any atom is 0.279 e. The van der Waals surface area contributed by atoms with Crippen LogP contribution in [-0.2, 0) is 0 Å². The number of pyridine rings is 1. The molecule has 80 valence electrons. The molecule has 15 heavy (non-hydrogen) atoms. The van der Waals surface area contributed by atoms with Crippen LogP contribution in [0, 0.1) is 17.0 Å². The largest absolute Gasteiger partial charge is 0.471 e. The lowest BCUT2D eigenvalue weighted by Crippen LogP contribution is -2.50. The van der Waals surface area contributed by atoms with Crippen LogP contribution in [0.1, 0.15) is 5.56 Å². The summed E-state index contributed by atoms with van der Waals surface area (Å²) in [6.45, 7) is 3.19. The molecule has 0 saturated carbocycles. The lowest BCUT2D eigenvalue weighted by atomic mass is 10.2. The van der Waals surface area contributed by atoms with Crippen molar-refractivity contribution >= 4 is 5.69 Å². The summed E-state index contributed by atoms with van der Waals surface area (Å²) in [4.78, 5) is 14.2. The van der Waals surface area contributed by atoms with Crippen molar-refractivity contribution in [3.05, 3.63) is 27.9 Å². The molecule has 0 spiro atoms. The second-order valence-corrected chi connectivity index (χ2v) is 3.46. The lowest BCUT2D eigenvalue weighted by molar-refractivity contribution is -0.385. The van der Waals surface area contributed by atoms with Gasteiger partial charge >= 0.3 is 0 Å². The first-order chi connectivity index (χ1) is 7.16. The van der Waals surface area contributed by atoms with Crippen molar-refractivity contribution in [2.75, 3.05) is 13.1 Å². The van der Waals surface area contributed by atoms with Gasteiger partial charge in [0.25, 0.3) is 5.69 Å². The zero-order valence-electron chi connectivity index (χ0n) is 8.27. The number of rotatable bonds is 3. The molecule has 1 aromatic heterocycles. The Balaban J connectivity index is 2.17. The Hall–Kier alpha value is -1.69. The van der Waals surface area contributed by atoms with Gasteiger partial charge in [0.2, 0.25) is 5.88 Å². The van der Waals surface area contributed by atoms with Gasteiger partial charge in [-0.2, -0.15) is 0 Å². The molecule has 0 aromatic carbocycles. The molecule has 0 atom stereocenters. The molecule has 6 heteroatoms. The quantitative estimate of drug-likeness (QED) is 0.584. The van der Waals surface area contributed by atoms with Gasteiger partial charge in [0.15, 0.2) is 0 Å². The molecular formula is C9H11N3O3. The number of nitrogens with zero attached hydrogens (tertiary/aromatic N) is 2. The number of hydrogen-bond acceptors (Lipinski definition) is 5. The van der Waals surface area contributed by atoms with Crippen molar-refractivity contribution in [1.82, 2.24) is 10.3 Å². The first-order valence-electron chi connectivity index (χ1n) is 4.65. The van der Waals surface area contributed by atoms with Gasteiger partial charge < -0.3 is 10.1 Å². The highest BCUT2D eigenvalue weighted by Gasteiger charge is 2.20. The highest BCUT2D eigenvalue weighted by molar-refractivity contribution is 5.40. The minimum atomic E-state index is -0.428. The molecule has 1 aliphatic rings. The lowest BCUT2D eigenvalue weighted by Gasteiger charge is -2.27. The third kappa shape index (κ3) is 2.04. The van der Waals surface area contributed by atoms with Crippen molar-refractivity contribution < 1.29 is 9.66 Å². The van der Waals surface area contributed by atoms with Gasteiger partial charge in [0, 0.05) is 24.8 Å². The third-order valence-electron chi connectivity index (χ3n) is 2.28. The van der Waals surface area contributed by atoms with Gasteiger partial charge in [0.05, 0.1) is 11.0 Å². The highest BCUT2D eigenvalue weighted by Crippen LogP contribution is 2.22. The van der Waals surface area contributed by atoms with Gasteiger partial charge in [0.1, 0.15) is 6.10 Å². The fraction of sp³-hybridized carbons (Fsp3) is 0.444. The van der Waals surface area contributed by atoms with E-state index >= 15 is 0 Å². The average molecular weight is 209 g/mol. The predicted octanol–water partition coefficient (Wildman–Crippen LogP) is 0.649. The summed E-state index contributed by atoms with van der Waals surface area (Å²) in [5.41, 5.74) is 0.589. The Morgan fingerprint density at radius 2 is 2.40 bits per heavy atom. The van der Waals surface area contributed by atoms with E-state index in [9.17, 15) is 10.1 Å². The smallest absolute Gasteiger partial charge is 0.279 e. The Morgan fingerprint density at radius 1 is 1.67 bits per heavy atom. The van der Waals surface area contributed by atoms with Crippen LogP contribution in [0.4, 0.5) is 5.69 Å². The van der Waals surface area contributed by atoms with Crippen LogP contribution in [0.2, 0.25) is 0 Å². The van der Waals surface area contributed by atoms with Crippen LogP contribution in [0.5, 0.6) is 5.88 Å². The maximum absolute atomic E-state index is 10.7. The van der Waals surface area contributed by atoms with Crippen molar-refractivity contribution in [3.63, 3.8) is 0 Å². The minimum Gasteiger partial charge on any atom is -0.471 e. The molecule has 6 nitrogen and oxygen atoms in total. The Kier molecular flexibility index (Phi) is 2.51. The number of hydrogen-bond donors (Lipinski definition) is 1. The second kappa shape index (κ2) is 3.82. The van der Waals surface area contributed by atoms with Crippen LogP contribution >= 0.6 is 0 Å². The van der Waals surface area contributed by atoms with Crippen molar-refractivity contribution in [2.24, 2.45) is 0 Å². The van der Waals surface area contributed by atoms with E-state index in [0.717, 1.165) is 13.1 Å². The summed E-state index contributed by atoms with van der Waals surface area (Å²) in [5, 5.41) is 13.7. The molecule has 0 bridgehead atoms. The summed E-state index contributed by atoms with van der Waals surface area (Å²) in [5.74, 6) is 0.318. The molecule has 1 N–H and O–H groups in total. The van der Waals surface area contributed by atoms with Crippen molar-refractivity contribution in [2.45, 2.75) is 13.0 Å². The van der Waals surface area contributed by atoms with Crippen molar-refractivity contribution in [1.29, 1.82) is 0 Å². The molecular weight excluding hydrogens is 198 g/mol. The zero-order valence-corrected chi connectivity index (χ0v) is 8.27. The van der Waals surface area contributed by atoms with E-state index in [1.165, 1.54) is 12.3 Å². The Labute approximate surface area is 86.4 Å². The molecule has 0 amide bonds. The van der Waals surface area contributed by atoms with Crippen LogP contribution in [0.3, 0.4) is 0 Å². The van der Waals surface area contributed by atoms with Crippen LogP contribution in [0.15, 0.2) is 12.3 Å². The fourth-order valence-electron chi connectivity index (χ4n) is 1.27. The summed E-state index contributed by atoms with van der Waals surface area (Å²) in [6, 6.07) is 1.37.